The molecular weight excluding hydrogens is 250 g/mol. The van der Waals surface area contributed by atoms with Gasteiger partial charge in [0.2, 0.25) is 0 Å². The van der Waals surface area contributed by atoms with Crippen LogP contribution in [0.5, 0.6) is 0 Å². The summed E-state index contributed by atoms with van der Waals surface area (Å²) < 4.78 is 11.7. The normalized spacial score (nSPS) is 32.7. The van der Waals surface area contributed by atoms with Crippen LogP contribution < -0.4 is 5.32 Å². The molecule has 0 amide bonds. The van der Waals surface area contributed by atoms with E-state index in [1.165, 1.54) is 25.7 Å². The molecule has 20 heavy (non-hydrogen) atoms. The second-order valence-corrected chi connectivity index (χ2v) is 7.91. The maximum absolute atomic E-state index is 6.09. The summed E-state index contributed by atoms with van der Waals surface area (Å²) in [6, 6.07) is 0.622. The largest absolute Gasteiger partial charge is 0.378 e. The Labute approximate surface area is 124 Å². The Bertz CT molecular complexity index is 292. The zero-order valence-corrected chi connectivity index (χ0v) is 13.8. The minimum atomic E-state index is 0.0347. The molecule has 0 aromatic heterocycles. The fourth-order valence-electron chi connectivity index (χ4n) is 3.67. The first-order chi connectivity index (χ1) is 9.44. The summed E-state index contributed by atoms with van der Waals surface area (Å²) in [6.07, 6.45) is 5.90. The monoisotopic (exact) mass is 283 g/mol. The van der Waals surface area contributed by atoms with Gasteiger partial charge in [0.25, 0.3) is 0 Å². The van der Waals surface area contributed by atoms with E-state index in [0.717, 1.165) is 38.7 Å². The third kappa shape index (κ3) is 4.44. The third-order valence-electron chi connectivity index (χ3n) is 4.66. The predicted molar refractivity (Wildman–Crippen MR) is 83.0 cm³/mol. The summed E-state index contributed by atoms with van der Waals surface area (Å²) in [5, 5.41) is 3.81. The van der Waals surface area contributed by atoms with Crippen molar-refractivity contribution in [1.82, 2.24) is 5.32 Å². The van der Waals surface area contributed by atoms with E-state index in [2.05, 4.69) is 33.0 Å². The molecule has 2 rings (SSSR count). The Hall–Kier alpha value is -0.120. The Morgan fingerprint density at radius 3 is 2.70 bits per heavy atom. The molecule has 2 fully saturated rings. The van der Waals surface area contributed by atoms with Gasteiger partial charge in [-0.05, 0) is 43.6 Å². The first-order valence-corrected chi connectivity index (χ1v) is 8.39. The fourth-order valence-corrected chi connectivity index (χ4v) is 3.67. The van der Waals surface area contributed by atoms with Gasteiger partial charge in [0.15, 0.2) is 0 Å². The van der Waals surface area contributed by atoms with E-state index in [4.69, 9.17) is 9.47 Å². The Balaban J connectivity index is 1.99. The topological polar surface area (TPSA) is 30.5 Å². The highest BCUT2D eigenvalue weighted by Crippen LogP contribution is 2.39. The number of nitrogens with one attached hydrogen (secondary N) is 1. The first-order valence-electron chi connectivity index (χ1n) is 8.39. The van der Waals surface area contributed by atoms with E-state index in [1.807, 2.05) is 0 Å². The molecule has 2 saturated heterocycles. The third-order valence-corrected chi connectivity index (χ3v) is 4.66. The van der Waals surface area contributed by atoms with Crippen LogP contribution in [-0.4, -0.2) is 38.0 Å². The molecule has 2 aliphatic heterocycles. The van der Waals surface area contributed by atoms with Gasteiger partial charge in [-0.2, -0.15) is 0 Å². The van der Waals surface area contributed by atoms with Crippen LogP contribution in [0.3, 0.4) is 0 Å². The second kappa shape index (κ2) is 6.76. The zero-order valence-electron chi connectivity index (χ0n) is 13.8. The molecule has 3 nitrogen and oxygen atoms in total. The van der Waals surface area contributed by atoms with Crippen LogP contribution in [0.4, 0.5) is 0 Å². The lowest BCUT2D eigenvalue weighted by Crippen LogP contribution is -2.48. The molecule has 3 atom stereocenters. The molecule has 1 spiro atoms. The van der Waals surface area contributed by atoms with Crippen LogP contribution in [0.2, 0.25) is 0 Å². The van der Waals surface area contributed by atoms with Gasteiger partial charge in [-0.25, -0.2) is 0 Å². The van der Waals surface area contributed by atoms with E-state index in [-0.39, 0.29) is 5.60 Å². The van der Waals surface area contributed by atoms with Crippen LogP contribution in [0.15, 0.2) is 0 Å². The number of hydrogen-bond donors (Lipinski definition) is 1. The fraction of sp³-hybridized carbons (Fsp3) is 1.00. The van der Waals surface area contributed by atoms with Crippen molar-refractivity contribution in [2.75, 3.05) is 26.4 Å². The van der Waals surface area contributed by atoms with Crippen molar-refractivity contribution in [3.63, 3.8) is 0 Å². The van der Waals surface area contributed by atoms with Crippen molar-refractivity contribution in [2.24, 2.45) is 11.3 Å². The van der Waals surface area contributed by atoms with Gasteiger partial charge < -0.3 is 14.8 Å². The van der Waals surface area contributed by atoms with Crippen molar-refractivity contribution >= 4 is 0 Å². The quantitative estimate of drug-likeness (QED) is 0.839. The van der Waals surface area contributed by atoms with Crippen molar-refractivity contribution in [3.8, 4) is 0 Å². The van der Waals surface area contributed by atoms with Gasteiger partial charge >= 0.3 is 0 Å². The summed E-state index contributed by atoms with van der Waals surface area (Å²) in [7, 11) is 0. The summed E-state index contributed by atoms with van der Waals surface area (Å²) in [4.78, 5) is 0. The highest BCUT2D eigenvalue weighted by atomic mass is 16.6. The van der Waals surface area contributed by atoms with Crippen LogP contribution >= 0.6 is 0 Å². The van der Waals surface area contributed by atoms with Gasteiger partial charge in [0, 0.05) is 25.7 Å². The first kappa shape index (κ1) is 16.3. The molecule has 0 aliphatic carbocycles. The minimum absolute atomic E-state index is 0.0347. The zero-order chi connectivity index (χ0) is 14.6. The highest BCUT2D eigenvalue weighted by molar-refractivity contribution is 4.94. The number of hydrogen-bond acceptors (Lipinski definition) is 3. The van der Waals surface area contributed by atoms with E-state index < -0.39 is 0 Å². The Morgan fingerprint density at radius 2 is 2.10 bits per heavy atom. The molecule has 2 heterocycles. The summed E-state index contributed by atoms with van der Waals surface area (Å²) >= 11 is 0. The van der Waals surface area contributed by atoms with E-state index in [1.54, 1.807) is 0 Å². The van der Waals surface area contributed by atoms with Crippen molar-refractivity contribution in [3.05, 3.63) is 0 Å². The molecule has 118 valence electrons. The standard InChI is InChI=1S/C17H33NO2/c1-5-8-18-15(12-16(2,3)4)14-6-9-20-17(11-14)7-10-19-13-17/h14-15,18H,5-13H2,1-4H3. The smallest absolute Gasteiger partial charge is 0.0939 e. The SMILES string of the molecule is CCCNC(CC(C)(C)C)C1CCOC2(CCOC2)C1. The van der Waals surface area contributed by atoms with Crippen LogP contribution in [0.1, 0.15) is 59.8 Å². The molecule has 0 saturated carbocycles. The van der Waals surface area contributed by atoms with Crippen LogP contribution in [0, 0.1) is 11.3 Å². The van der Waals surface area contributed by atoms with Gasteiger partial charge in [0.1, 0.15) is 0 Å². The van der Waals surface area contributed by atoms with Crippen molar-refractivity contribution in [1.29, 1.82) is 0 Å². The molecular formula is C17H33NO2. The van der Waals surface area contributed by atoms with E-state index in [9.17, 15) is 0 Å². The lowest BCUT2D eigenvalue weighted by atomic mass is 9.76. The van der Waals surface area contributed by atoms with Gasteiger partial charge in [-0.15, -0.1) is 0 Å². The molecule has 0 bridgehead atoms. The summed E-state index contributed by atoms with van der Waals surface area (Å²) in [6.45, 7) is 13.0. The van der Waals surface area contributed by atoms with Gasteiger partial charge in [-0.1, -0.05) is 27.7 Å². The number of rotatable bonds is 5. The minimum Gasteiger partial charge on any atom is -0.378 e. The van der Waals surface area contributed by atoms with Gasteiger partial charge in [0.05, 0.1) is 12.2 Å². The molecule has 0 aromatic carbocycles. The van der Waals surface area contributed by atoms with Crippen LogP contribution in [0.25, 0.3) is 0 Å². The van der Waals surface area contributed by atoms with Crippen molar-refractivity contribution < 1.29 is 9.47 Å². The molecule has 1 N–H and O–H groups in total. The van der Waals surface area contributed by atoms with Crippen LogP contribution in [-0.2, 0) is 9.47 Å². The Kier molecular flexibility index (Phi) is 5.49. The number of ether oxygens (including phenoxy) is 2. The predicted octanol–water partition coefficient (Wildman–Crippen LogP) is 3.38. The maximum atomic E-state index is 6.09. The molecule has 3 heteroatoms. The van der Waals surface area contributed by atoms with Gasteiger partial charge in [-0.3, -0.25) is 0 Å². The molecule has 2 aliphatic rings. The molecule has 3 unspecified atom stereocenters. The maximum Gasteiger partial charge on any atom is 0.0939 e. The van der Waals surface area contributed by atoms with E-state index >= 15 is 0 Å². The average Bonchev–Trinajstić information content (AvgIpc) is 2.81. The van der Waals surface area contributed by atoms with Crippen molar-refractivity contribution in [2.45, 2.75) is 71.4 Å². The molecule has 0 aromatic rings. The summed E-state index contributed by atoms with van der Waals surface area (Å²) in [5.41, 5.74) is 0.413. The average molecular weight is 283 g/mol. The summed E-state index contributed by atoms with van der Waals surface area (Å²) in [5.74, 6) is 0.733. The Morgan fingerprint density at radius 1 is 1.30 bits per heavy atom. The lowest BCUT2D eigenvalue weighted by molar-refractivity contribution is -0.104. The molecule has 0 radical (unpaired) electrons. The highest BCUT2D eigenvalue weighted by Gasteiger charge is 2.43. The van der Waals surface area contributed by atoms with E-state index in [0.29, 0.717) is 11.5 Å². The second-order valence-electron chi connectivity index (χ2n) is 7.91. The lowest BCUT2D eigenvalue weighted by Gasteiger charge is -2.42.